The van der Waals surface area contributed by atoms with Crippen molar-refractivity contribution in [3.05, 3.63) is 28.2 Å². The van der Waals surface area contributed by atoms with Crippen molar-refractivity contribution in [3.8, 4) is 0 Å². The Hall–Kier alpha value is -2.45. The van der Waals surface area contributed by atoms with Gasteiger partial charge in [0.2, 0.25) is 11.8 Å². The van der Waals surface area contributed by atoms with Crippen molar-refractivity contribution in [2.75, 3.05) is 11.5 Å². The molecule has 1 aromatic rings. The number of hydrogen-bond donors (Lipinski definition) is 0. The highest BCUT2D eigenvalue weighted by Gasteiger charge is 2.61. The van der Waals surface area contributed by atoms with Crippen molar-refractivity contribution in [3.63, 3.8) is 0 Å². The fourth-order valence-electron chi connectivity index (χ4n) is 3.22. The Labute approximate surface area is 164 Å². The predicted molar refractivity (Wildman–Crippen MR) is 97.5 cm³/mol. The molecule has 1 saturated heterocycles. The topological polar surface area (TPSA) is 96.3 Å². The number of amides is 3. The SMILES string of the molecule is CCOC(=O)C1=NN(C(C)=O)[C@]2(CC(=O)N(c3ccc(Cl)c(Cl)c3)C2=O)C1. The van der Waals surface area contributed by atoms with Gasteiger partial charge in [0.25, 0.3) is 5.91 Å². The van der Waals surface area contributed by atoms with Crippen molar-refractivity contribution in [2.24, 2.45) is 5.10 Å². The second-order valence-corrected chi connectivity index (χ2v) is 6.93. The zero-order valence-corrected chi connectivity index (χ0v) is 16.0. The maximum Gasteiger partial charge on any atom is 0.354 e. The highest BCUT2D eigenvalue weighted by Crippen LogP contribution is 2.41. The van der Waals surface area contributed by atoms with Crippen LogP contribution in [0.5, 0.6) is 0 Å². The molecule has 3 rings (SSSR count). The molecule has 8 nitrogen and oxygen atoms in total. The number of hydrazone groups is 1. The smallest absolute Gasteiger partial charge is 0.354 e. The van der Waals surface area contributed by atoms with Gasteiger partial charge in [0.1, 0.15) is 5.71 Å². The number of rotatable bonds is 3. The van der Waals surface area contributed by atoms with Crippen LogP contribution in [0.3, 0.4) is 0 Å². The lowest BCUT2D eigenvalue weighted by atomic mass is 9.91. The second kappa shape index (κ2) is 6.94. The molecule has 0 N–H and O–H groups in total. The highest BCUT2D eigenvalue weighted by atomic mass is 35.5. The van der Waals surface area contributed by atoms with Crippen LogP contribution in [-0.2, 0) is 23.9 Å². The summed E-state index contributed by atoms with van der Waals surface area (Å²) in [4.78, 5) is 50.9. The van der Waals surface area contributed by atoms with Gasteiger partial charge in [-0.15, -0.1) is 0 Å². The van der Waals surface area contributed by atoms with E-state index in [9.17, 15) is 19.2 Å². The number of carbonyl (C=O) groups excluding carboxylic acids is 4. The molecule has 2 heterocycles. The van der Waals surface area contributed by atoms with E-state index in [2.05, 4.69) is 5.10 Å². The number of ether oxygens (including phenoxy) is 1. The average molecular weight is 412 g/mol. The molecule has 142 valence electrons. The summed E-state index contributed by atoms with van der Waals surface area (Å²) in [6.07, 6.45) is -0.508. The van der Waals surface area contributed by atoms with Crippen molar-refractivity contribution in [1.29, 1.82) is 0 Å². The van der Waals surface area contributed by atoms with Crippen molar-refractivity contribution in [2.45, 2.75) is 32.2 Å². The van der Waals surface area contributed by atoms with Gasteiger partial charge in [0.15, 0.2) is 5.54 Å². The monoisotopic (exact) mass is 411 g/mol. The van der Waals surface area contributed by atoms with Gasteiger partial charge in [-0.25, -0.2) is 14.7 Å². The van der Waals surface area contributed by atoms with E-state index in [1.165, 1.54) is 25.1 Å². The second-order valence-electron chi connectivity index (χ2n) is 6.12. The first-order chi connectivity index (χ1) is 12.7. The quantitative estimate of drug-likeness (QED) is 0.560. The zero-order chi connectivity index (χ0) is 19.9. The van der Waals surface area contributed by atoms with Crippen LogP contribution in [0, 0.1) is 0 Å². The molecule has 3 amide bonds. The molecule has 0 radical (unpaired) electrons. The van der Waals surface area contributed by atoms with E-state index in [4.69, 9.17) is 27.9 Å². The minimum Gasteiger partial charge on any atom is -0.461 e. The molecule has 1 fully saturated rings. The average Bonchev–Trinajstić information content (AvgIpc) is 3.10. The molecule has 2 aliphatic heterocycles. The van der Waals surface area contributed by atoms with Crippen LogP contribution in [0.4, 0.5) is 5.69 Å². The minimum absolute atomic E-state index is 0.0795. The Morgan fingerprint density at radius 3 is 2.52 bits per heavy atom. The molecule has 10 heteroatoms. The molecule has 2 aliphatic rings. The summed E-state index contributed by atoms with van der Waals surface area (Å²) in [5.74, 6) is -2.49. The molecule has 27 heavy (non-hydrogen) atoms. The van der Waals surface area contributed by atoms with Gasteiger partial charge in [0, 0.05) is 13.3 Å². The molecule has 0 bridgehead atoms. The number of imide groups is 1. The maximum atomic E-state index is 13.2. The Morgan fingerprint density at radius 1 is 1.22 bits per heavy atom. The Balaban J connectivity index is 2.00. The summed E-state index contributed by atoms with van der Waals surface area (Å²) in [6, 6.07) is 4.32. The van der Waals surface area contributed by atoms with Gasteiger partial charge in [-0.1, -0.05) is 23.2 Å². The number of nitrogens with zero attached hydrogens (tertiary/aromatic N) is 3. The minimum atomic E-state index is -1.59. The lowest BCUT2D eigenvalue weighted by molar-refractivity contribution is -0.141. The largest absolute Gasteiger partial charge is 0.461 e. The Morgan fingerprint density at radius 2 is 1.93 bits per heavy atom. The molecule has 0 aromatic heterocycles. The van der Waals surface area contributed by atoms with Crippen molar-refractivity contribution in [1.82, 2.24) is 5.01 Å². The van der Waals surface area contributed by atoms with Gasteiger partial charge in [0.05, 0.1) is 28.8 Å². The summed E-state index contributed by atoms with van der Waals surface area (Å²) < 4.78 is 4.91. The van der Waals surface area contributed by atoms with E-state index in [0.29, 0.717) is 0 Å². The number of anilines is 1. The molecule has 1 atom stereocenters. The fourth-order valence-corrected chi connectivity index (χ4v) is 3.51. The summed E-state index contributed by atoms with van der Waals surface area (Å²) in [5.41, 5.74) is -1.44. The van der Waals surface area contributed by atoms with E-state index < -0.39 is 29.2 Å². The third-order valence-electron chi connectivity index (χ3n) is 4.35. The molecule has 1 aromatic carbocycles. The molecule has 0 unspecified atom stereocenters. The molecule has 1 spiro atoms. The third kappa shape index (κ3) is 3.08. The molecular weight excluding hydrogens is 397 g/mol. The van der Waals surface area contributed by atoms with Crippen LogP contribution in [0.15, 0.2) is 23.3 Å². The standard InChI is InChI=1S/C17H15Cl2N3O5/c1-3-27-15(25)13-7-17(22(20-13)9(2)23)8-14(24)21(16(17)26)10-4-5-11(18)12(19)6-10/h4-6H,3,7-8H2,1-2H3/t17-/m0/s1. The first kappa shape index (κ1) is 19.3. The van der Waals surface area contributed by atoms with Crippen molar-refractivity contribution < 1.29 is 23.9 Å². The number of benzene rings is 1. The maximum absolute atomic E-state index is 13.2. The van der Waals surface area contributed by atoms with Crippen LogP contribution >= 0.6 is 23.2 Å². The van der Waals surface area contributed by atoms with Gasteiger partial charge < -0.3 is 4.74 Å². The summed E-state index contributed by atoms with van der Waals surface area (Å²) in [5, 5.41) is 5.31. The summed E-state index contributed by atoms with van der Waals surface area (Å²) >= 11 is 11.9. The van der Waals surface area contributed by atoms with Crippen LogP contribution in [-0.4, -0.2) is 46.6 Å². The van der Waals surface area contributed by atoms with Gasteiger partial charge in [-0.3, -0.25) is 14.4 Å². The van der Waals surface area contributed by atoms with Gasteiger partial charge in [-0.2, -0.15) is 5.10 Å². The van der Waals surface area contributed by atoms with Gasteiger partial charge >= 0.3 is 5.97 Å². The predicted octanol–water partition coefficient (Wildman–Crippen LogP) is 2.17. The highest BCUT2D eigenvalue weighted by molar-refractivity contribution is 6.42. The Bertz CT molecular complexity index is 901. The summed E-state index contributed by atoms with van der Waals surface area (Å²) in [6.45, 7) is 2.95. The first-order valence-corrected chi connectivity index (χ1v) is 8.84. The normalized spacial score (nSPS) is 21.9. The van der Waals surface area contributed by atoms with E-state index in [1.807, 2.05) is 0 Å². The lowest BCUT2D eigenvalue weighted by Gasteiger charge is -2.28. The fraction of sp³-hybridized carbons (Fsp3) is 0.353. The van der Waals surface area contributed by atoms with E-state index in [0.717, 1.165) is 9.91 Å². The summed E-state index contributed by atoms with van der Waals surface area (Å²) in [7, 11) is 0. The van der Waals surface area contributed by atoms with E-state index in [1.54, 1.807) is 6.92 Å². The van der Waals surface area contributed by atoms with Crippen molar-refractivity contribution >= 4 is 58.3 Å². The zero-order valence-electron chi connectivity index (χ0n) is 14.5. The third-order valence-corrected chi connectivity index (χ3v) is 5.09. The van der Waals surface area contributed by atoms with Crippen LogP contribution < -0.4 is 4.90 Å². The number of carbonyl (C=O) groups is 4. The van der Waals surface area contributed by atoms with E-state index >= 15 is 0 Å². The van der Waals surface area contributed by atoms with E-state index in [-0.39, 0.29) is 40.9 Å². The Kier molecular flexibility index (Phi) is 4.96. The molecular formula is C17H15Cl2N3O5. The van der Waals surface area contributed by atoms with Crippen LogP contribution in [0.2, 0.25) is 10.0 Å². The first-order valence-electron chi connectivity index (χ1n) is 8.09. The molecule has 0 saturated carbocycles. The van der Waals surface area contributed by atoms with Crippen LogP contribution in [0.1, 0.15) is 26.7 Å². The number of halogens is 2. The number of esters is 1. The van der Waals surface area contributed by atoms with Gasteiger partial charge in [-0.05, 0) is 25.1 Å². The number of hydrogen-bond acceptors (Lipinski definition) is 6. The van der Waals surface area contributed by atoms with Crippen LogP contribution in [0.25, 0.3) is 0 Å². The lowest BCUT2D eigenvalue weighted by Crippen LogP contribution is -2.51. The molecule has 0 aliphatic carbocycles.